The molecule has 3 aromatic heterocycles. The quantitative estimate of drug-likeness (QED) is 0.228. The number of nitrogens with one attached hydrogen (secondary N) is 3. The van der Waals surface area contributed by atoms with Gasteiger partial charge in [0.15, 0.2) is 11.5 Å². The molecular formula is C30H31FN8O. The standard InChI is InChI=1S/C30H31FN8O/c1-18-15-21(9-12-23(18)24-17-33-27(34-20-7-8-20)28-32-13-14-38(24)28)35-29(40)36-26-16-25(30(2,3)4)37-39(26)22-10-5-19(31)6-11-22/h5-6,9-17,20H,7-8H2,1-4H3,(H,33,34)(H2,35,36,40). The lowest BCUT2D eigenvalue weighted by atomic mass is 9.92. The molecule has 0 unspecified atom stereocenters. The molecule has 2 amide bonds. The highest BCUT2D eigenvalue weighted by Gasteiger charge is 2.24. The number of hydrogen-bond acceptors (Lipinski definition) is 5. The molecule has 0 bridgehead atoms. The van der Waals surface area contributed by atoms with E-state index >= 15 is 0 Å². The molecule has 6 rings (SSSR count). The van der Waals surface area contributed by atoms with E-state index < -0.39 is 6.03 Å². The maximum absolute atomic E-state index is 13.5. The zero-order valence-electron chi connectivity index (χ0n) is 22.9. The average Bonchev–Trinajstić information content (AvgIpc) is 3.39. The Labute approximate surface area is 231 Å². The number of hydrogen-bond donors (Lipinski definition) is 3. The first kappa shape index (κ1) is 25.5. The number of aryl methyl sites for hydroxylation is 1. The van der Waals surface area contributed by atoms with Crippen molar-refractivity contribution in [3.05, 3.63) is 84.2 Å². The second-order valence-corrected chi connectivity index (χ2v) is 11.2. The minimum absolute atomic E-state index is 0.243. The molecule has 0 atom stereocenters. The van der Waals surface area contributed by atoms with E-state index in [4.69, 9.17) is 0 Å². The Balaban J connectivity index is 1.23. The van der Waals surface area contributed by atoms with Gasteiger partial charge in [-0.15, -0.1) is 0 Å². The molecule has 204 valence electrons. The Morgan fingerprint density at radius 2 is 1.80 bits per heavy atom. The zero-order chi connectivity index (χ0) is 28.0. The predicted octanol–water partition coefficient (Wildman–Crippen LogP) is 6.55. The highest BCUT2D eigenvalue weighted by molar-refractivity contribution is 5.99. The Bertz CT molecular complexity index is 1710. The second-order valence-electron chi connectivity index (χ2n) is 11.2. The first-order chi connectivity index (χ1) is 19.2. The van der Waals surface area contributed by atoms with Gasteiger partial charge in [0, 0.05) is 41.2 Å². The van der Waals surface area contributed by atoms with E-state index in [0.29, 0.717) is 23.2 Å². The number of fused-ring (bicyclic) bond motifs is 1. The Kier molecular flexibility index (Phi) is 6.25. The molecule has 0 aliphatic heterocycles. The van der Waals surface area contributed by atoms with Crippen molar-refractivity contribution in [3.8, 4) is 16.9 Å². The van der Waals surface area contributed by atoms with Crippen LogP contribution in [0.1, 0.15) is 44.9 Å². The molecule has 3 heterocycles. The molecule has 1 aliphatic rings. The fraction of sp³-hybridized carbons (Fsp3) is 0.267. The smallest absolute Gasteiger partial charge is 0.324 e. The van der Waals surface area contributed by atoms with Gasteiger partial charge in [-0.2, -0.15) is 5.10 Å². The summed E-state index contributed by atoms with van der Waals surface area (Å²) >= 11 is 0. The van der Waals surface area contributed by atoms with Crippen LogP contribution >= 0.6 is 0 Å². The SMILES string of the molecule is Cc1cc(NC(=O)Nc2cc(C(C)(C)C)nn2-c2ccc(F)cc2)ccc1-c1cnc(NC2CC2)c2nccn12. The van der Waals surface area contributed by atoms with Crippen molar-refractivity contribution in [3.63, 3.8) is 0 Å². The molecule has 9 nitrogen and oxygen atoms in total. The van der Waals surface area contributed by atoms with Crippen LogP contribution in [-0.4, -0.2) is 36.2 Å². The molecule has 2 aromatic carbocycles. The van der Waals surface area contributed by atoms with E-state index in [1.54, 1.807) is 23.0 Å². The lowest BCUT2D eigenvalue weighted by molar-refractivity contribution is 0.262. The van der Waals surface area contributed by atoms with E-state index in [1.165, 1.54) is 12.1 Å². The predicted molar refractivity (Wildman–Crippen MR) is 155 cm³/mol. The monoisotopic (exact) mass is 538 g/mol. The number of aromatic nitrogens is 5. The van der Waals surface area contributed by atoms with E-state index in [-0.39, 0.29) is 11.2 Å². The van der Waals surface area contributed by atoms with Gasteiger partial charge in [0.2, 0.25) is 0 Å². The first-order valence-corrected chi connectivity index (χ1v) is 13.3. The number of benzene rings is 2. The number of carbonyl (C=O) groups excluding carboxylic acids is 1. The van der Waals surface area contributed by atoms with Gasteiger partial charge in [-0.1, -0.05) is 26.8 Å². The number of nitrogens with zero attached hydrogens (tertiary/aromatic N) is 5. The fourth-order valence-electron chi connectivity index (χ4n) is 4.56. The van der Waals surface area contributed by atoms with Gasteiger partial charge < -0.3 is 10.6 Å². The lowest BCUT2D eigenvalue weighted by Gasteiger charge is -2.14. The Morgan fingerprint density at radius 1 is 1.02 bits per heavy atom. The largest absolute Gasteiger partial charge is 0.364 e. The summed E-state index contributed by atoms with van der Waals surface area (Å²) < 4.78 is 17.2. The van der Waals surface area contributed by atoms with Crippen LogP contribution in [-0.2, 0) is 5.41 Å². The Hall–Kier alpha value is -4.73. The van der Waals surface area contributed by atoms with Crippen LogP contribution in [0.25, 0.3) is 22.6 Å². The molecule has 3 N–H and O–H groups in total. The highest BCUT2D eigenvalue weighted by Crippen LogP contribution is 2.31. The van der Waals surface area contributed by atoms with E-state index in [0.717, 1.165) is 46.8 Å². The summed E-state index contributed by atoms with van der Waals surface area (Å²) in [7, 11) is 0. The van der Waals surface area contributed by atoms with Crippen molar-refractivity contribution < 1.29 is 9.18 Å². The normalized spacial score (nSPS) is 13.4. The summed E-state index contributed by atoms with van der Waals surface area (Å²) in [4.78, 5) is 22.2. The summed E-state index contributed by atoms with van der Waals surface area (Å²) in [5.41, 5.74) is 5.51. The molecule has 40 heavy (non-hydrogen) atoms. The topological polar surface area (TPSA) is 101 Å². The van der Waals surface area contributed by atoms with Crippen LogP contribution in [0.15, 0.2) is 67.1 Å². The molecule has 5 aromatic rings. The molecule has 10 heteroatoms. The van der Waals surface area contributed by atoms with Gasteiger partial charge in [-0.3, -0.25) is 9.72 Å². The van der Waals surface area contributed by atoms with Crippen molar-refractivity contribution in [2.45, 2.75) is 52.0 Å². The molecular weight excluding hydrogens is 507 g/mol. The van der Waals surface area contributed by atoms with Gasteiger partial charge in [0.25, 0.3) is 0 Å². The number of halogens is 1. The first-order valence-electron chi connectivity index (χ1n) is 13.3. The van der Waals surface area contributed by atoms with Crippen LogP contribution in [0, 0.1) is 12.7 Å². The third kappa shape index (κ3) is 5.12. The van der Waals surface area contributed by atoms with E-state index in [9.17, 15) is 9.18 Å². The average molecular weight is 539 g/mol. The molecule has 1 aliphatic carbocycles. The van der Waals surface area contributed by atoms with Crippen LogP contribution in [0.5, 0.6) is 0 Å². The minimum atomic E-state index is -0.412. The highest BCUT2D eigenvalue weighted by atomic mass is 19.1. The summed E-state index contributed by atoms with van der Waals surface area (Å²) in [6, 6.07) is 13.6. The summed E-state index contributed by atoms with van der Waals surface area (Å²) in [6.07, 6.45) is 7.87. The van der Waals surface area contributed by atoms with Crippen molar-refractivity contribution in [2.24, 2.45) is 0 Å². The third-order valence-electron chi connectivity index (χ3n) is 6.90. The molecule has 0 radical (unpaired) electrons. The third-order valence-corrected chi connectivity index (χ3v) is 6.90. The number of anilines is 3. The van der Waals surface area contributed by atoms with Crippen LogP contribution in [0.2, 0.25) is 0 Å². The summed E-state index contributed by atoms with van der Waals surface area (Å²) in [5.74, 6) is 0.933. The summed E-state index contributed by atoms with van der Waals surface area (Å²) in [6.45, 7) is 8.13. The number of rotatable bonds is 6. The maximum Gasteiger partial charge on any atom is 0.324 e. The number of urea groups is 1. The molecule has 1 saturated carbocycles. The van der Waals surface area contributed by atoms with Gasteiger partial charge >= 0.3 is 6.03 Å². The van der Waals surface area contributed by atoms with Crippen molar-refractivity contribution in [2.75, 3.05) is 16.0 Å². The van der Waals surface area contributed by atoms with Gasteiger partial charge in [0.05, 0.1) is 23.3 Å². The van der Waals surface area contributed by atoms with Gasteiger partial charge in [-0.05, 0) is 61.7 Å². The van der Waals surface area contributed by atoms with Gasteiger partial charge in [0.1, 0.15) is 11.6 Å². The maximum atomic E-state index is 13.5. The number of imidazole rings is 1. The number of carbonyl (C=O) groups is 1. The molecule has 0 saturated heterocycles. The van der Waals surface area contributed by atoms with E-state index in [2.05, 4.69) is 31.0 Å². The minimum Gasteiger partial charge on any atom is -0.364 e. The second kappa shape index (κ2) is 9.78. The van der Waals surface area contributed by atoms with Crippen LogP contribution in [0.3, 0.4) is 0 Å². The summed E-state index contributed by atoms with van der Waals surface area (Å²) in [5, 5.41) is 13.9. The van der Waals surface area contributed by atoms with Crippen molar-refractivity contribution in [1.82, 2.24) is 24.1 Å². The lowest BCUT2D eigenvalue weighted by Crippen LogP contribution is -2.21. The van der Waals surface area contributed by atoms with Gasteiger partial charge in [-0.25, -0.2) is 23.8 Å². The van der Waals surface area contributed by atoms with Crippen molar-refractivity contribution in [1.29, 1.82) is 0 Å². The van der Waals surface area contributed by atoms with Crippen LogP contribution in [0.4, 0.5) is 26.5 Å². The molecule has 0 spiro atoms. The van der Waals surface area contributed by atoms with E-state index in [1.807, 2.05) is 68.8 Å². The fourth-order valence-corrected chi connectivity index (χ4v) is 4.56. The zero-order valence-corrected chi connectivity index (χ0v) is 22.9. The number of amides is 2. The van der Waals surface area contributed by atoms with Crippen molar-refractivity contribution >= 4 is 29.0 Å². The van der Waals surface area contributed by atoms with Crippen LogP contribution < -0.4 is 16.0 Å². The Morgan fingerprint density at radius 3 is 2.50 bits per heavy atom. The molecule has 1 fully saturated rings.